The molecule has 8 nitrogen and oxygen atoms in total. The Labute approximate surface area is 246 Å². The molecule has 1 saturated heterocycles. The normalized spacial score (nSPS) is 20.7. The van der Waals surface area contributed by atoms with Gasteiger partial charge in [-0.05, 0) is 107 Å². The Kier molecular flexibility index (Phi) is 10.9. The highest BCUT2D eigenvalue weighted by molar-refractivity contribution is 7.89. The number of likely N-dealkylation sites (tertiary alicyclic amines) is 1. The molecule has 1 amide bonds. The van der Waals surface area contributed by atoms with E-state index in [1.54, 1.807) is 34.1 Å². The number of nitrogens with one attached hydrogen (secondary N) is 1. The van der Waals surface area contributed by atoms with Gasteiger partial charge in [-0.2, -0.15) is 4.31 Å². The van der Waals surface area contributed by atoms with Gasteiger partial charge in [-0.15, -0.1) is 0 Å². The quantitative estimate of drug-likeness (QED) is 0.361. The first-order valence-corrected chi connectivity index (χ1v) is 16.3. The zero-order valence-electron chi connectivity index (χ0n) is 25.3. The van der Waals surface area contributed by atoms with Gasteiger partial charge in [0.15, 0.2) is 0 Å². The van der Waals surface area contributed by atoms with Crippen molar-refractivity contribution in [2.45, 2.75) is 76.3 Å². The molecule has 0 bridgehead atoms. The molecule has 9 heteroatoms. The molecule has 2 aliphatic rings. The highest BCUT2D eigenvalue weighted by atomic mass is 32.2. The molecule has 0 spiro atoms. The lowest BCUT2D eigenvalue weighted by molar-refractivity contribution is -0.126. The topological polar surface area (TPSA) is 88.2 Å². The summed E-state index contributed by atoms with van der Waals surface area (Å²) in [6.45, 7) is 7.99. The summed E-state index contributed by atoms with van der Waals surface area (Å²) >= 11 is 0. The summed E-state index contributed by atoms with van der Waals surface area (Å²) < 4.78 is 38.9. The van der Waals surface area contributed by atoms with Gasteiger partial charge in [0.05, 0.1) is 18.6 Å². The second kappa shape index (κ2) is 14.1. The van der Waals surface area contributed by atoms with Gasteiger partial charge in [0, 0.05) is 25.7 Å². The highest BCUT2D eigenvalue weighted by Gasteiger charge is 2.34. The number of hydrogen-bond acceptors (Lipinski definition) is 6. The average molecular weight is 586 g/mol. The van der Waals surface area contributed by atoms with Crippen molar-refractivity contribution in [2.75, 3.05) is 47.0 Å². The lowest BCUT2D eigenvalue weighted by Gasteiger charge is -2.39. The van der Waals surface area contributed by atoms with Crippen LogP contribution in [0.15, 0.2) is 41.3 Å². The summed E-state index contributed by atoms with van der Waals surface area (Å²) in [6.07, 6.45) is 6.67. The number of carbonyl (C=O) groups excluding carboxylic acids is 1. The zero-order valence-corrected chi connectivity index (χ0v) is 26.1. The minimum atomic E-state index is -3.72. The first-order valence-electron chi connectivity index (χ1n) is 14.9. The molecule has 1 atom stereocenters. The zero-order chi connectivity index (χ0) is 29.6. The number of benzene rings is 2. The SMILES string of the molecule is COc1cc(C)c(S(=O)(=O)N(C)CCOCC(=O)NC2CCC(C(c3ccccc3)N3CCCC3)CC2)c(C)c1C. The number of aryl methyl sites for hydroxylation is 1. The Bertz CT molecular complexity index is 1270. The molecule has 0 radical (unpaired) electrons. The summed E-state index contributed by atoms with van der Waals surface area (Å²) in [7, 11) is -0.594. The fourth-order valence-corrected chi connectivity index (χ4v) is 8.20. The molecule has 2 aromatic rings. The maximum Gasteiger partial charge on any atom is 0.246 e. The molecule has 2 fully saturated rings. The second-order valence-electron chi connectivity index (χ2n) is 11.6. The maximum absolute atomic E-state index is 13.3. The first-order chi connectivity index (χ1) is 19.6. The van der Waals surface area contributed by atoms with Crippen molar-refractivity contribution in [2.24, 2.45) is 5.92 Å². The van der Waals surface area contributed by atoms with E-state index in [9.17, 15) is 13.2 Å². The standard InChI is InChI=1S/C32H47N3O5S/c1-23-21-29(39-5)24(2)25(3)32(23)41(37,38)34(4)19-20-40-22-30(36)33-28-15-13-27(14-16-28)31(35-17-9-10-18-35)26-11-7-6-8-12-26/h6-8,11-12,21,27-28,31H,9-10,13-20,22H2,1-5H3,(H,33,36). The van der Waals surface area contributed by atoms with Crippen LogP contribution < -0.4 is 10.1 Å². The fraction of sp³-hybridized carbons (Fsp3) is 0.594. The third-order valence-electron chi connectivity index (χ3n) is 8.91. The van der Waals surface area contributed by atoms with Gasteiger partial charge in [-0.1, -0.05) is 30.3 Å². The van der Waals surface area contributed by atoms with E-state index in [1.165, 1.54) is 35.8 Å². The van der Waals surface area contributed by atoms with Crippen molar-refractivity contribution in [3.8, 4) is 5.75 Å². The molecule has 41 heavy (non-hydrogen) atoms. The van der Waals surface area contributed by atoms with Gasteiger partial charge < -0.3 is 14.8 Å². The van der Waals surface area contributed by atoms with Gasteiger partial charge in [0.1, 0.15) is 12.4 Å². The number of likely N-dealkylation sites (N-methyl/N-ethyl adjacent to an activating group) is 1. The highest BCUT2D eigenvalue weighted by Crippen LogP contribution is 2.40. The third-order valence-corrected chi connectivity index (χ3v) is 11.1. The first kappa shape index (κ1) is 31.5. The van der Waals surface area contributed by atoms with Gasteiger partial charge >= 0.3 is 0 Å². The number of amides is 1. The molecule has 2 aromatic carbocycles. The van der Waals surface area contributed by atoms with E-state index in [4.69, 9.17) is 9.47 Å². The van der Waals surface area contributed by atoms with E-state index in [2.05, 4.69) is 40.5 Å². The van der Waals surface area contributed by atoms with E-state index >= 15 is 0 Å². The molecule has 0 aromatic heterocycles. The lowest BCUT2D eigenvalue weighted by Crippen LogP contribution is -2.42. The minimum absolute atomic E-state index is 0.0755. The number of methoxy groups -OCH3 is 1. The van der Waals surface area contributed by atoms with E-state index in [1.807, 2.05) is 6.92 Å². The van der Waals surface area contributed by atoms with Crippen molar-refractivity contribution < 1.29 is 22.7 Å². The van der Waals surface area contributed by atoms with Crippen molar-refractivity contribution in [1.29, 1.82) is 0 Å². The summed E-state index contributed by atoms with van der Waals surface area (Å²) in [6, 6.07) is 13.3. The monoisotopic (exact) mass is 585 g/mol. The summed E-state index contributed by atoms with van der Waals surface area (Å²) in [5.74, 6) is 1.13. The number of sulfonamides is 1. The van der Waals surface area contributed by atoms with Crippen molar-refractivity contribution in [3.05, 3.63) is 58.7 Å². The van der Waals surface area contributed by atoms with E-state index in [0.717, 1.165) is 31.2 Å². The Balaban J connectivity index is 1.22. The molecule has 226 valence electrons. The number of hydrogen-bond donors (Lipinski definition) is 1. The second-order valence-corrected chi connectivity index (χ2v) is 13.6. The van der Waals surface area contributed by atoms with Gasteiger partial charge in [-0.3, -0.25) is 9.69 Å². The molecular weight excluding hydrogens is 538 g/mol. The van der Waals surface area contributed by atoms with E-state index < -0.39 is 10.0 Å². The van der Waals surface area contributed by atoms with Crippen molar-refractivity contribution >= 4 is 15.9 Å². The molecule has 4 rings (SSSR count). The van der Waals surface area contributed by atoms with Crippen LogP contribution in [0.4, 0.5) is 0 Å². The Morgan fingerprint density at radius 2 is 1.71 bits per heavy atom. The number of rotatable bonds is 12. The third kappa shape index (κ3) is 7.49. The van der Waals surface area contributed by atoms with Crippen LogP contribution in [-0.2, 0) is 19.6 Å². The number of nitrogens with zero attached hydrogens (tertiary/aromatic N) is 2. The number of ether oxygens (including phenoxy) is 2. The Hall–Kier alpha value is -2.46. The molecule has 1 unspecified atom stereocenters. The summed E-state index contributed by atoms with van der Waals surface area (Å²) in [5, 5.41) is 3.14. The maximum atomic E-state index is 13.3. The predicted molar refractivity (Wildman–Crippen MR) is 162 cm³/mol. The molecule has 1 N–H and O–H groups in total. The van der Waals surface area contributed by atoms with Crippen LogP contribution in [0.3, 0.4) is 0 Å². The van der Waals surface area contributed by atoms with Crippen LogP contribution in [0.1, 0.15) is 66.8 Å². The predicted octanol–water partition coefficient (Wildman–Crippen LogP) is 4.77. The van der Waals surface area contributed by atoms with Crippen LogP contribution in [0, 0.1) is 26.7 Å². The lowest BCUT2D eigenvalue weighted by atomic mass is 9.78. The van der Waals surface area contributed by atoms with E-state index in [-0.39, 0.29) is 31.7 Å². The smallest absolute Gasteiger partial charge is 0.246 e. The largest absolute Gasteiger partial charge is 0.496 e. The van der Waals surface area contributed by atoms with Crippen LogP contribution in [0.2, 0.25) is 0 Å². The van der Waals surface area contributed by atoms with E-state index in [0.29, 0.717) is 33.7 Å². The fourth-order valence-electron chi connectivity index (χ4n) is 6.56. The van der Waals surface area contributed by atoms with Gasteiger partial charge in [-0.25, -0.2) is 8.42 Å². The molecule has 1 aliphatic carbocycles. The number of carbonyl (C=O) groups is 1. The molecule has 1 aliphatic heterocycles. The van der Waals surface area contributed by atoms with Crippen LogP contribution in [0.5, 0.6) is 5.75 Å². The van der Waals surface area contributed by atoms with Crippen molar-refractivity contribution in [3.63, 3.8) is 0 Å². The minimum Gasteiger partial charge on any atom is -0.496 e. The summed E-state index contributed by atoms with van der Waals surface area (Å²) in [4.78, 5) is 15.6. The van der Waals surface area contributed by atoms with Crippen LogP contribution in [-0.4, -0.2) is 76.6 Å². The van der Waals surface area contributed by atoms with Crippen LogP contribution >= 0.6 is 0 Å². The van der Waals surface area contributed by atoms with Gasteiger partial charge in [0.2, 0.25) is 15.9 Å². The Morgan fingerprint density at radius 3 is 2.34 bits per heavy atom. The molecule has 1 heterocycles. The van der Waals surface area contributed by atoms with Gasteiger partial charge in [0.25, 0.3) is 0 Å². The van der Waals surface area contributed by atoms with Crippen LogP contribution in [0.25, 0.3) is 0 Å². The van der Waals surface area contributed by atoms with Crippen molar-refractivity contribution in [1.82, 2.24) is 14.5 Å². The average Bonchev–Trinajstić information content (AvgIpc) is 3.49. The molecular formula is C32H47N3O5S. The Morgan fingerprint density at radius 1 is 1.05 bits per heavy atom. The molecule has 1 saturated carbocycles. The summed E-state index contributed by atoms with van der Waals surface area (Å²) in [5.41, 5.74) is 3.54.